The molecule has 0 radical (unpaired) electrons. The van der Waals surface area contributed by atoms with E-state index in [1.54, 1.807) is 0 Å². The third-order valence-corrected chi connectivity index (χ3v) is 7.52. The number of rotatable bonds is 7. The van der Waals surface area contributed by atoms with Crippen molar-refractivity contribution in [2.24, 2.45) is 4.99 Å². The van der Waals surface area contributed by atoms with Crippen LogP contribution in [0.5, 0.6) is 11.5 Å². The van der Waals surface area contributed by atoms with Gasteiger partial charge < -0.3 is 24.4 Å². The number of aryl methyl sites for hydroxylation is 2. The number of amidine groups is 1. The third kappa shape index (κ3) is 4.83. The number of methoxy groups -OCH3 is 1. The number of thioether (sulfide) groups is 1. The van der Waals surface area contributed by atoms with Crippen LogP contribution in [0.1, 0.15) is 48.1 Å². The Bertz CT molecular complexity index is 1360. The quantitative estimate of drug-likeness (QED) is 0.522. The molecule has 1 atom stereocenters. The summed E-state index contributed by atoms with van der Waals surface area (Å²) in [6.45, 7) is 6.62. The van der Waals surface area contributed by atoms with Crippen molar-refractivity contribution in [1.29, 1.82) is 0 Å². The van der Waals surface area contributed by atoms with Crippen molar-refractivity contribution in [3.63, 3.8) is 0 Å². The third-order valence-electron chi connectivity index (χ3n) is 6.63. The maximum Gasteiger partial charge on any atom is 0.338 e. The lowest BCUT2D eigenvalue weighted by atomic mass is 9.89. The standard InChI is InChI=1S/C28H29N3O5S/c1-5-21-25(27(33)34-4)26(20-10-16(2)6-7-17(20)3)31-19(14-37-28(31)30-21)12-24(32)29-13-18-8-9-22-23(11-18)36-15-35-22/h6-11,14,26H,5,12-13,15H2,1-4H3,(H,29,32). The lowest BCUT2D eigenvalue weighted by molar-refractivity contribution is -0.136. The van der Waals surface area contributed by atoms with Gasteiger partial charge in [-0.25, -0.2) is 9.79 Å². The molecule has 0 fully saturated rings. The first-order valence-corrected chi connectivity index (χ1v) is 13.0. The van der Waals surface area contributed by atoms with E-state index >= 15 is 0 Å². The second-order valence-corrected chi connectivity index (χ2v) is 9.94. The van der Waals surface area contributed by atoms with Crippen LogP contribution in [0.25, 0.3) is 0 Å². The van der Waals surface area contributed by atoms with Gasteiger partial charge in [0.1, 0.15) is 0 Å². The molecule has 1 unspecified atom stereocenters. The number of allylic oxidation sites excluding steroid dienone is 1. The fourth-order valence-corrected chi connectivity index (χ4v) is 5.68. The van der Waals surface area contributed by atoms with Crippen LogP contribution in [0.4, 0.5) is 0 Å². The largest absolute Gasteiger partial charge is 0.466 e. The maximum atomic E-state index is 13.1. The van der Waals surface area contributed by atoms with Gasteiger partial charge in [0, 0.05) is 12.2 Å². The summed E-state index contributed by atoms with van der Waals surface area (Å²) in [5, 5.41) is 5.70. The van der Waals surface area contributed by atoms with Crippen molar-refractivity contribution in [2.75, 3.05) is 13.9 Å². The number of aliphatic imine (C=N–C) groups is 1. The van der Waals surface area contributed by atoms with Gasteiger partial charge in [0.15, 0.2) is 16.7 Å². The second kappa shape index (κ2) is 10.3. The van der Waals surface area contributed by atoms with E-state index in [2.05, 4.69) is 23.5 Å². The monoisotopic (exact) mass is 519 g/mol. The minimum absolute atomic E-state index is 0.129. The van der Waals surface area contributed by atoms with E-state index in [0.717, 1.165) is 33.1 Å². The summed E-state index contributed by atoms with van der Waals surface area (Å²) >= 11 is 1.47. The summed E-state index contributed by atoms with van der Waals surface area (Å²) in [5.41, 5.74) is 6.06. The summed E-state index contributed by atoms with van der Waals surface area (Å²) in [4.78, 5) is 32.9. The fraction of sp³-hybridized carbons (Fsp3) is 0.321. The van der Waals surface area contributed by atoms with Crippen molar-refractivity contribution in [1.82, 2.24) is 10.2 Å². The normalized spacial score (nSPS) is 17.8. The predicted molar refractivity (Wildman–Crippen MR) is 142 cm³/mol. The molecule has 8 nitrogen and oxygen atoms in total. The Morgan fingerprint density at radius 3 is 2.76 bits per heavy atom. The fourth-order valence-electron chi connectivity index (χ4n) is 4.74. The Kier molecular flexibility index (Phi) is 6.97. The molecule has 0 spiro atoms. The van der Waals surface area contributed by atoms with Gasteiger partial charge in [-0.1, -0.05) is 48.5 Å². The minimum Gasteiger partial charge on any atom is -0.466 e. The molecule has 3 heterocycles. The Morgan fingerprint density at radius 2 is 1.97 bits per heavy atom. The van der Waals surface area contributed by atoms with E-state index in [-0.39, 0.29) is 19.1 Å². The summed E-state index contributed by atoms with van der Waals surface area (Å²) < 4.78 is 16.0. The number of benzene rings is 2. The van der Waals surface area contributed by atoms with Crippen LogP contribution < -0.4 is 14.8 Å². The Morgan fingerprint density at radius 1 is 1.16 bits per heavy atom. The van der Waals surface area contributed by atoms with Crippen LogP contribution in [-0.4, -0.2) is 35.8 Å². The highest BCUT2D eigenvalue weighted by molar-refractivity contribution is 8.16. The van der Waals surface area contributed by atoms with E-state index < -0.39 is 12.0 Å². The SMILES string of the molecule is CCC1=C(C(=O)OC)C(c2cc(C)ccc2C)N2C(CC(=O)NCc3ccc4c(c3)OCO4)=CSC2=N1. The average molecular weight is 520 g/mol. The summed E-state index contributed by atoms with van der Waals surface area (Å²) in [6, 6.07) is 11.4. The molecule has 37 heavy (non-hydrogen) atoms. The summed E-state index contributed by atoms with van der Waals surface area (Å²) in [6.07, 6.45) is 0.739. The van der Waals surface area contributed by atoms with E-state index in [1.807, 2.05) is 49.3 Å². The molecule has 1 N–H and O–H groups in total. The van der Waals surface area contributed by atoms with Crippen LogP contribution >= 0.6 is 11.8 Å². The van der Waals surface area contributed by atoms with Gasteiger partial charge >= 0.3 is 5.97 Å². The molecule has 0 saturated carbocycles. The zero-order chi connectivity index (χ0) is 26.1. The number of esters is 1. The lowest BCUT2D eigenvalue weighted by Gasteiger charge is -2.37. The van der Waals surface area contributed by atoms with Gasteiger partial charge in [-0.05, 0) is 54.5 Å². The van der Waals surface area contributed by atoms with E-state index in [1.165, 1.54) is 18.9 Å². The Hall–Kier alpha value is -3.72. The number of hydrogen-bond acceptors (Lipinski definition) is 8. The number of carbonyl (C=O) groups excluding carboxylic acids is 2. The van der Waals surface area contributed by atoms with Gasteiger partial charge in [-0.2, -0.15) is 0 Å². The zero-order valence-electron chi connectivity index (χ0n) is 21.3. The lowest BCUT2D eigenvalue weighted by Crippen LogP contribution is -2.38. The Balaban J connectivity index is 1.41. The van der Waals surface area contributed by atoms with Crippen LogP contribution in [-0.2, 0) is 20.9 Å². The van der Waals surface area contributed by atoms with Crippen LogP contribution in [0.3, 0.4) is 0 Å². The molecule has 3 aliphatic rings. The highest BCUT2D eigenvalue weighted by Crippen LogP contribution is 2.46. The number of carbonyl (C=O) groups is 2. The van der Waals surface area contributed by atoms with Crippen molar-refractivity contribution >= 4 is 28.8 Å². The number of nitrogens with zero attached hydrogens (tertiary/aromatic N) is 2. The van der Waals surface area contributed by atoms with Crippen LogP contribution in [0, 0.1) is 13.8 Å². The molecule has 2 aromatic rings. The van der Waals surface area contributed by atoms with Gasteiger partial charge in [-0.15, -0.1) is 0 Å². The smallest absolute Gasteiger partial charge is 0.338 e. The molecule has 0 aromatic heterocycles. The molecule has 0 saturated heterocycles. The molecule has 192 valence electrons. The minimum atomic E-state index is -0.433. The number of amides is 1. The first kappa shape index (κ1) is 25.0. The predicted octanol–water partition coefficient (Wildman–Crippen LogP) is 4.88. The van der Waals surface area contributed by atoms with Gasteiger partial charge in [-0.3, -0.25) is 4.79 Å². The molecular weight excluding hydrogens is 490 g/mol. The molecule has 0 bridgehead atoms. The van der Waals surface area contributed by atoms with Crippen molar-refractivity contribution in [3.8, 4) is 11.5 Å². The van der Waals surface area contributed by atoms with Crippen molar-refractivity contribution in [3.05, 3.63) is 81.0 Å². The van der Waals surface area contributed by atoms with Gasteiger partial charge in [0.2, 0.25) is 12.7 Å². The summed E-state index contributed by atoms with van der Waals surface area (Å²) in [5.74, 6) is 0.851. The number of ether oxygens (including phenoxy) is 3. The van der Waals surface area contributed by atoms with E-state index in [4.69, 9.17) is 19.2 Å². The average Bonchev–Trinajstić information content (AvgIpc) is 3.54. The number of hydrogen-bond donors (Lipinski definition) is 1. The molecule has 2 aromatic carbocycles. The summed E-state index contributed by atoms with van der Waals surface area (Å²) in [7, 11) is 1.39. The van der Waals surface area contributed by atoms with Crippen molar-refractivity contribution < 1.29 is 23.8 Å². The maximum absolute atomic E-state index is 13.1. The van der Waals surface area contributed by atoms with Gasteiger partial charge in [0.05, 0.1) is 30.8 Å². The molecule has 9 heteroatoms. The highest BCUT2D eigenvalue weighted by atomic mass is 32.2. The highest BCUT2D eigenvalue weighted by Gasteiger charge is 2.42. The number of fused-ring (bicyclic) bond motifs is 2. The first-order valence-electron chi connectivity index (χ1n) is 12.2. The van der Waals surface area contributed by atoms with Crippen LogP contribution in [0.2, 0.25) is 0 Å². The van der Waals surface area contributed by atoms with Crippen molar-refractivity contribution in [2.45, 2.75) is 46.2 Å². The van der Waals surface area contributed by atoms with Gasteiger partial charge in [0.25, 0.3) is 0 Å². The molecule has 1 amide bonds. The van der Waals surface area contributed by atoms with Crippen LogP contribution in [0.15, 0.2) is 63.8 Å². The molecule has 3 aliphatic heterocycles. The molecule has 5 rings (SSSR count). The number of nitrogens with one attached hydrogen (secondary N) is 1. The second-order valence-electron chi connectivity index (χ2n) is 9.10. The van der Waals surface area contributed by atoms with E-state index in [0.29, 0.717) is 35.7 Å². The zero-order valence-corrected chi connectivity index (χ0v) is 22.1. The first-order chi connectivity index (χ1) is 17.9. The Labute approximate surface area is 220 Å². The molecule has 0 aliphatic carbocycles. The molecular formula is C28H29N3O5S. The van der Waals surface area contributed by atoms with E-state index in [9.17, 15) is 9.59 Å². The topological polar surface area (TPSA) is 89.5 Å².